The van der Waals surface area contributed by atoms with E-state index < -0.39 is 0 Å². The third-order valence-corrected chi connectivity index (χ3v) is 9.96. The molecule has 3 nitrogen and oxygen atoms in total. The van der Waals surface area contributed by atoms with E-state index in [4.69, 9.17) is 9.97 Å². The molecule has 10 rings (SSSR count). The van der Waals surface area contributed by atoms with E-state index in [2.05, 4.69) is 157 Å². The normalized spacial score (nSPS) is 11.6. The molecule has 0 radical (unpaired) electrons. The minimum absolute atomic E-state index is 0.706. The molecule has 3 heteroatoms. The zero-order valence-electron chi connectivity index (χ0n) is 27.1. The maximum Gasteiger partial charge on any atom is 0.161 e. The van der Waals surface area contributed by atoms with Crippen LogP contribution in [0.5, 0.6) is 0 Å². The summed E-state index contributed by atoms with van der Waals surface area (Å²) < 4.78 is 0. The molecule has 0 atom stereocenters. The van der Waals surface area contributed by atoms with Crippen molar-refractivity contribution in [2.24, 2.45) is 0 Å². The van der Waals surface area contributed by atoms with Crippen molar-refractivity contribution in [3.63, 3.8) is 0 Å². The number of pyridine rings is 1. The van der Waals surface area contributed by atoms with E-state index in [-0.39, 0.29) is 0 Å². The van der Waals surface area contributed by atoms with Gasteiger partial charge in [-0.15, -0.1) is 0 Å². The van der Waals surface area contributed by atoms with Crippen molar-refractivity contribution in [2.45, 2.75) is 0 Å². The fraction of sp³-hybridized carbons (Fsp3) is 0. The van der Waals surface area contributed by atoms with Crippen LogP contribution in [0.1, 0.15) is 0 Å². The SMILES string of the molecule is c1ccc(-c2cc(-c3cccc4c(-c5cccnc5)cccc34)nc(-c3cc4c5ccccc5c5ccccc5c4c4ccccc34)n2)cc1. The Morgan fingerprint density at radius 2 is 0.840 bits per heavy atom. The van der Waals surface area contributed by atoms with Gasteiger partial charge < -0.3 is 0 Å². The quantitative estimate of drug-likeness (QED) is 0.181. The van der Waals surface area contributed by atoms with Gasteiger partial charge >= 0.3 is 0 Å². The third-order valence-electron chi connectivity index (χ3n) is 9.96. The second-order valence-corrected chi connectivity index (χ2v) is 12.8. The van der Waals surface area contributed by atoms with E-state index in [1.807, 2.05) is 24.5 Å². The molecule has 0 bridgehead atoms. The van der Waals surface area contributed by atoms with Gasteiger partial charge in [0.25, 0.3) is 0 Å². The van der Waals surface area contributed by atoms with E-state index in [9.17, 15) is 0 Å². The highest BCUT2D eigenvalue weighted by molar-refractivity contribution is 6.32. The summed E-state index contributed by atoms with van der Waals surface area (Å²) >= 11 is 0. The van der Waals surface area contributed by atoms with Gasteiger partial charge in [-0.2, -0.15) is 0 Å². The molecule has 8 aromatic carbocycles. The maximum atomic E-state index is 5.43. The summed E-state index contributed by atoms with van der Waals surface area (Å²) in [4.78, 5) is 15.2. The summed E-state index contributed by atoms with van der Waals surface area (Å²) in [5, 5.41) is 12.1. The number of fused-ring (bicyclic) bond motifs is 9. The van der Waals surface area contributed by atoms with Crippen molar-refractivity contribution < 1.29 is 0 Å². The Kier molecular flexibility index (Phi) is 6.49. The van der Waals surface area contributed by atoms with Crippen LogP contribution in [-0.4, -0.2) is 15.0 Å². The van der Waals surface area contributed by atoms with Crippen molar-refractivity contribution in [3.05, 3.63) is 176 Å². The molecular formula is C47H29N3. The van der Waals surface area contributed by atoms with Crippen LogP contribution >= 0.6 is 0 Å². The summed E-state index contributed by atoms with van der Waals surface area (Å²) in [6, 6.07) is 58.2. The van der Waals surface area contributed by atoms with Crippen molar-refractivity contribution >= 4 is 53.9 Å². The van der Waals surface area contributed by atoms with Crippen molar-refractivity contribution in [3.8, 4) is 45.0 Å². The predicted octanol–water partition coefficient (Wildman–Crippen LogP) is 12.3. The van der Waals surface area contributed by atoms with Gasteiger partial charge in [-0.3, -0.25) is 4.98 Å². The molecule has 0 saturated heterocycles. The summed E-state index contributed by atoms with van der Waals surface area (Å²) in [6.07, 6.45) is 3.74. The van der Waals surface area contributed by atoms with Crippen molar-refractivity contribution in [2.75, 3.05) is 0 Å². The predicted molar refractivity (Wildman–Crippen MR) is 209 cm³/mol. The van der Waals surface area contributed by atoms with E-state index >= 15 is 0 Å². The number of hydrogen-bond donors (Lipinski definition) is 0. The van der Waals surface area contributed by atoms with Crippen LogP contribution < -0.4 is 0 Å². The van der Waals surface area contributed by atoms with Gasteiger partial charge in [-0.25, -0.2) is 9.97 Å². The highest BCUT2D eigenvalue weighted by Gasteiger charge is 2.19. The molecule has 0 fully saturated rings. The number of rotatable bonds is 4. The topological polar surface area (TPSA) is 38.7 Å². The number of aromatic nitrogens is 3. The first kappa shape index (κ1) is 28.3. The van der Waals surface area contributed by atoms with E-state index in [0.717, 1.165) is 55.4 Å². The van der Waals surface area contributed by atoms with Crippen LogP contribution in [0, 0.1) is 0 Å². The summed E-state index contributed by atoms with van der Waals surface area (Å²) in [5.74, 6) is 0.706. The molecule has 50 heavy (non-hydrogen) atoms. The lowest BCUT2D eigenvalue weighted by Gasteiger charge is -2.17. The molecule has 0 N–H and O–H groups in total. The summed E-state index contributed by atoms with van der Waals surface area (Å²) in [6.45, 7) is 0. The molecule has 2 aromatic heterocycles. The van der Waals surface area contributed by atoms with Gasteiger partial charge in [0.1, 0.15) is 0 Å². The first-order chi connectivity index (χ1) is 24.8. The van der Waals surface area contributed by atoms with Gasteiger partial charge in [0, 0.05) is 34.6 Å². The monoisotopic (exact) mass is 635 g/mol. The molecule has 0 saturated carbocycles. The number of nitrogens with zero attached hydrogens (tertiary/aromatic N) is 3. The molecule has 0 aliphatic carbocycles. The van der Waals surface area contributed by atoms with Crippen LogP contribution in [0.25, 0.3) is 98.9 Å². The van der Waals surface area contributed by atoms with Gasteiger partial charge in [0.2, 0.25) is 0 Å². The molecule has 232 valence electrons. The van der Waals surface area contributed by atoms with Crippen LogP contribution in [0.4, 0.5) is 0 Å². The first-order valence-electron chi connectivity index (χ1n) is 16.9. The Bertz CT molecular complexity index is 2910. The average molecular weight is 636 g/mol. The molecule has 0 aliphatic rings. The Hall–Kier alpha value is -6.71. The Balaban J connectivity index is 1.30. The second-order valence-electron chi connectivity index (χ2n) is 12.8. The standard InChI is InChI=1S/C47H29N3/c1-2-13-30(14-3-1)44-28-45(39-25-11-23-33-32(22-10-24-35(33)39)31-15-12-26-48-29-31)50-47(49-44)43-27-42-37-18-5-4-16-34(37)36-17-6-8-20-40(36)46(42)41-21-9-7-19-38(41)43/h1-29H. The summed E-state index contributed by atoms with van der Waals surface area (Å²) in [7, 11) is 0. The maximum absolute atomic E-state index is 5.43. The number of hydrogen-bond acceptors (Lipinski definition) is 3. The Morgan fingerprint density at radius 3 is 1.56 bits per heavy atom. The van der Waals surface area contributed by atoms with Crippen LogP contribution in [0.2, 0.25) is 0 Å². The third kappa shape index (κ3) is 4.48. The smallest absolute Gasteiger partial charge is 0.161 e. The minimum atomic E-state index is 0.706. The first-order valence-corrected chi connectivity index (χ1v) is 16.9. The number of benzene rings is 8. The average Bonchev–Trinajstić information content (AvgIpc) is 3.20. The minimum Gasteiger partial charge on any atom is -0.264 e. The molecule has 10 aromatic rings. The van der Waals surface area contributed by atoms with Gasteiger partial charge in [-0.1, -0.05) is 146 Å². The highest BCUT2D eigenvalue weighted by atomic mass is 14.9. The van der Waals surface area contributed by atoms with Crippen molar-refractivity contribution in [1.29, 1.82) is 0 Å². The van der Waals surface area contributed by atoms with Gasteiger partial charge in [0.05, 0.1) is 11.4 Å². The van der Waals surface area contributed by atoms with Crippen LogP contribution in [0.15, 0.2) is 176 Å². The van der Waals surface area contributed by atoms with E-state index in [0.29, 0.717) is 5.82 Å². The van der Waals surface area contributed by atoms with Gasteiger partial charge in [-0.05, 0) is 77.6 Å². The van der Waals surface area contributed by atoms with Gasteiger partial charge in [0.15, 0.2) is 5.82 Å². The molecule has 0 aliphatic heterocycles. The highest BCUT2D eigenvalue weighted by Crippen LogP contribution is 2.43. The van der Waals surface area contributed by atoms with Crippen LogP contribution in [-0.2, 0) is 0 Å². The molecule has 2 heterocycles. The summed E-state index contributed by atoms with van der Waals surface area (Å²) in [5.41, 5.74) is 7.14. The molecule has 0 unspecified atom stereocenters. The van der Waals surface area contributed by atoms with Crippen molar-refractivity contribution in [1.82, 2.24) is 15.0 Å². The Labute approximate surface area is 289 Å². The lowest BCUT2D eigenvalue weighted by molar-refractivity contribution is 1.19. The van der Waals surface area contributed by atoms with Crippen LogP contribution in [0.3, 0.4) is 0 Å². The lowest BCUT2D eigenvalue weighted by Crippen LogP contribution is -1.98. The van der Waals surface area contributed by atoms with E-state index in [1.165, 1.54) is 37.7 Å². The fourth-order valence-electron chi connectivity index (χ4n) is 7.72. The van der Waals surface area contributed by atoms with E-state index in [1.54, 1.807) is 0 Å². The molecule has 0 spiro atoms. The largest absolute Gasteiger partial charge is 0.264 e. The fourth-order valence-corrected chi connectivity index (χ4v) is 7.72. The zero-order chi connectivity index (χ0) is 33.0. The lowest BCUT2D eigenvalue weighted by atomic mass is 9.89. The molecule has 0 amide bonds. The second kappa shape index (κ2) is 11.5. The zero-order valence-corrected chi connectivity index (χ0v) is 27.1. The molecular weight excluding hydrogens is 607 g/mol. The Morgan fingerprint density at radius 1 is 0.320 bits per heavy atom.